The summed E-state index contributed by atoms with van der Waals surface area (Å²) < 4.78 is 53.1. The van der Waals surface area contributed by atoms with Crippen LogP contribution in [0.4, 0.5) is 8.78 Å². The van der Waals surface area contributed by atoms with Crippen molar-refractivity contribution in [1.82, 2.24) is 0 Å². The zero-order valence-electron chi connectivity index (χ0n) is 9.84. The van der Waals surface area contributed by atoms with E-state index in [1.54, 1.807) is 0 Å². The number of unbranched alkanes of at least 4 members (excludes halogenated alkanes) is 2. The molecule has 1 aromatic rings. The lowest BCUT2D eigenvalue weighted by atomic mass is 10.2. The van der Waals surface area contributed by atoms with Gasteiger partial charge in [0.25, 0.3) is 0 Å². The Morgan fingerprint density at radius 2 is 1.89 bits per heavy atom. The number of halogens is 4. The molecule has 0 N–H and O–H groups in total. The minimum absolute atomic E-state index is 0.103. The molecule has 0 aliphatic rings. The smallest absolute Gasteiger partial charge is 0.232 e. The van der Waals surface area contributed by atoms with Crippen LogP contribution in [0, 0.1) is 11.6 Å². The van der Waals surface area contributed by atoms with Gasteiger partial charge in [0, 0.05) is 15.2 Å². The zero-order valence-corrected chi connectivity index (χ0v) is 13.0. The molecule has 0 unspecified atom stereocenters. The van der Waals surface area contributed by atoms with Gasteiger partial charge in [0.15, 0.2) is 11.6 Å². The monoisotopic (exact) mass is 376 g/mol. The number of ether oxygens (including phenoxy) is 1. The molecule has 19 heavy (non-hydrogen) atoms. The molecule has 0 spiro atoms. The van der Waals surface area contributed by atoms with Crippen LogP contribution in [-0.4, -0.2) is 20.8 Å². The second-order valence-electron chi connectivity index (χ2n) is 3.85. The lowest BCUT2D eigenvalue weighted by molar-refractivity contribution is 0.286. The number of hydrogen-bond acceptors (Lipinski definition) is 3. The maximum absolute atomic E-state index is 13.3. The number of hydrogen-bond donors (Lipinski definition) is 0. The van der Waals surface area contributed by atoms with E-state index in [0.717, 1.165) is 6.07 Å². The van der Waals surface area contributed by atoms with Crippen LogP contribution in [-0.2, 0) is 9.05 Å². The highest BCUT2D eigenvalue weighted by Gasteiger charge is 2.11. The van der Waals surface area contributed by atoms with Gasteiger partial charge >= 0.3 is 0 Å². The lowest BCUT2D eigenvalue weighted by Crippen LogP contribution is -2.02. The molecule has 0 radical (unpaired) electrons. The lowest BCUT2D eigenvalue weighted by Gasteiger charge is -2.08. The summed E-state index contributed by atoms with van der Waals surface area (Å²) in [4.78, 5) is 0. The molecule has 0 amide bonds. The molecular weight excluding hydrogens is 366 g/mol. The van der Waals surface area contributed by atoms with Gasteiger partial charge in [0.2, 0.25) is 14.9 Å². The molecule has 3 nitrogen and oxygen atoms in total. The molecule has 0 aliphatic heterocycles. The Bertz CT molecular complexity index is 537. The fourth-order valence-corrected chi connectivity index (χ4v) is 2.66. The van der Waals surface area contributed by atoms with E-state index < -0.39 is 20.7 Å². The molecule has 0 saturated carbocycles. The van der Waals surface area contributed by atoms with Gasteiger partial charge in [-0.3, -0.25) is 0 Å². The van der Waals surface area contributed by atoms with Crippen LogP contribution in [0.3, 0.4) is 0 Å². The second kappa shape index (κ2) is 7.40. The molecule has 0 aromatic heterocycles. The number of rotatable bonds is 7. The minimum atomic E-state index is -3.47. The maximum Gasteiger partial charge on any atom is 0.232 e. The largest absolute Gasteiger partial charge is 0.490 e. The van der Waals surface area contributed by atoms with Crippen molar-refractivity contribution in [2.24, 2.45) is 0 Å². The van der Waals surface area contributed by atoms with Gasteiger partial charge in [-0.1, -0.05) is 15.9 Å². The van der Waals surface area contributed by atoms with E-state index in [0.29, 0.717) is 23.7 Å². The van der Waals surface area contributed by atoms with Crippen molar-refractivity contribution in [3.05, 3.63) is 28.2 Å². The zero-order chi connectivity index (χ0) is 14.5. The molecular formula is C11H12BrClF2O3S. The average molecular weight is 378 g/mol. The van der Waals surface area contributed by atoms with E-state index in [1.165, 1.54) is 6.07 Å². The van der Waals surface area contributed by atoms with Crippen molar-refractivity contribution in [3.63, 3.8) is 0 Å². The molecule has 0 saturated heterocycles. The molecule has 0 bridgehead atoms. The highest BCUT2D eigenvalue weighted by atomic mass is 79.9. The highest BCUT2D eigenvalue weighted by molar-refractivity contribution is 9.10. The summed E-state index contributed by atoms with van der Waals surface area (Å²) in [5.41, 5.74) is 0. The van der Waals surface area contributed by atoms with Crippen LogP contribution >= 0.6 is 26.6 Å². The van der Waals surface area contributed by atoms with Crippen molar-refractivity contribution in [2.75, 3.05) is 12.4 Å². The van der Waals surface area contributed by atoms with Crippen LogP contribution < -0.4 is 4.74 Å². The van der Waals surface area contributed by atoms with Gasteiger partial charge in [-0.2, -0.15) is 4.39 Å². The predicted octanol–water partition coefficient (Wildman–Crippen LogP) is 3.85. The van der Waals surface area contributed by atoms with Crippen molar-refractivity contribution in [1.29, 1.82) is 0 Å². The molecule has 108 valence electrons. The Morgan fingerprint density at radius 1 is 1.21 bits per heavy atom. The highest BCUT2D eigenvalue weighted by Crippen LogP contribution is 2.25. The normalized spacial score (nSPS) is 11.6. The van der Waals surface area contributed by atoms with Crippen molar-refractivity contribution in [3.8, 4) is 5.75 Å². The van der Waals surface area contributed by atoms with Crippen LogP contribution in [0.1, 0.15) is 19.3 Å². The van der Waals surface area contributed by atoms with E-state index in [9.17, 15) is 17.2 Å². The second-order valence-corrected chi connectivity index (χ2v) is 7.66. The third-order valence-corrected chi connectivity index (χ3v) is 3.95. The molecule has 8 heteroatoms. The standard InChI is InChI=1S/C11H12BrClF2O3S/c12-8-6-9(14)11(15)10(7-8)18-4-2-1-3-5-19(13,16)17/h6-7H,1-5H2. The molecule has 1 aromatic carbocycles. The summed E-state index contributed by atoms with van der Waals surface area (Å²) >= 11 is 3.03. The van der Waals surface area contributed by atoms with E-state index >= 15 is 0 Å². The van der Waals surface area contributed by atoms with Gasteiger partial charge < -0.3 is 4.74 Å². The first-order chi connectivity index (χ1) is 8.79. The first-order valence-electron chi connectivity index (χ1n) is 5.49. The Balaban J connectivity index is 2.34. The molecule has 0 aliphatic carbocycles. The quantitative estimate of drug-likeness (QED) is 0.412. The fourth-order valence-electron chi connectivity index (χ4n) is 1.37. The molecule has 0 fully saturated rings. The summed E-state index contributed by atoms with van der Waals surface area (Å²) in [7, 11) is 1.58. The summed E-state index contributed by atoms with van der Waals surface area (Å²) in [5, 5.41) is 0. The van der Waals surface area contributed by atoms with Crippen molar-refractivity contribution < 1.29 is 21.9 Å². The van der Waals surface area contributed by atoms with E-state index in [-0.39, 0.29) is 18.1 Å². The topological polar surface area (TPSA) is 43.4 Å². The first kappa shape index (κ1) is 16.7. The van der Waals surface area contributed by atoms with Crippen LogP contribution in [0.5, 0.6) is 5.75 Å². The SMILES string of the molecule is O=S(=O)(Cl)CCCCCOc1cc(Br)cc(F)c1F. The fraction of sp³-hybridized carbons (Fsp3) is 0.455. The minimum Gasteiger partial charge on any atom is -0.490 e. The third-order valence-electron chi connectivity index (χ3n) is 2.25. The van der Waals surface area contributed by atoms with E-state index in [1.807, 2.05) is 0 Å². The average Bonchev–Trinajstić information content (AvgIpc) is 2.28. The van der Waals surface area contributed by atoms with Gasteiger partial charge in [-0.05, 0) is 31.4 Å². The van der Waals surface area contributed by atoms with E-state index in [4.69, 9.17) is 15.4 Å². The first-order valence-corrected chi connectivity index (χ1v) is 8.76. The molecule has 0 heterocycles. The predicted molar refractivity (Wildman–Crippen MR) is 73.0 cm³/mol. The summed E-state index contributed by atoms with van der Waals surface area (Å²) in [6.07, 6.45) is 1.51. The number of benzene rings is 1. The maximum atomic E-state index is 13.3. The van der Waals surface area contributed by atoms with Gasteiger partial charge in [0.05, 0.1) is 12.4 Å². The van der Waals surface area contributed by atoms with E-state index in [2.05, 4.69) is 15.9 Å². The molecule has 0 atom stereocenters. The molecule has 1 rings (SSSR count). The van der Waals surface area contributed by atoms with Gasteiger partial charge in [-0.25, -0.2) is 12.8 Å². The van der Waals surface area contributed by atoms with Crippen molar-refractivity contribution >= 4 is 35.7 Å². The van der Waals surface area contributed by atoms with Crippen LogP contribution in [0.15, 0.2) is 16.6 Å². The Morgan fingerprint density at radius 3 is 2.53 bits per heavy atom. The Hall–Kier alpha value is -0.400. The summed E-state index contributed by atoms with van der Waals surface area (Å²) in [6, 6.07) is 2.34. The van der Waals surface area contributed by atoms with Crippen LogP contribution in [0.25, 0.3) is 0 Å². The van der Waals surface area contributed by atoms with Crippen molar-refractivity contribution in [2.45, 2.75) is 19.3 Å². The summed E-state index contributed by atoms with van der Waals surface area (Å²) in [5.74, 6) is -2.30. The van der Waals surface area contributed by atoms with Crippen LogP contribution in [0.2, 0.25) is 0 Å². The van der Waals surface area contributed by atoms with Gasteiger partial charge in [0.1, 0.15) is 0 Å². The Kier molecular flexibility index (Phi) is 6.49. The van der Waals surface area contributed by atoms with Gasteiger partial charge in [-0.15, -0.1) is 0 Å². The Labute approximate surface area is 123 Å². The third kappa shape index (κ3) is 6.54. The summed E-state index contributed by atoms with van der Waals surface area (Å²) in [6.45, 7) is 0.176.